The predicted molar refractivity (Wildman–Crippen MR) is 110 cm³/mol. The molecule has 2 rings (SSSR count). The van der Waals surface area contributed by atoms with Crippen LogP contribution in [0.4, 0.5) is 5.69 Å². The number of nitriles is 2. The van der Waals surface area contributed by atoms with Gasteiger partial charge >= 0.3 is 0 Å². The van der Waals surface area contributed by atoms with Crippen molar-refractivity contribution in [2.24, 2.45) is 0 Å². The monoisotopic (exact) mass is 473 g/mol. The summed E-state index contributed by atoms with van der Waals surface area (Å²) in [7, 11) is 1.48. The van der Waals surface area contributed by atoms with E-state index in [4.69, 9.17) is 14.7 Å². The average molecular weight is 473 g/mol. The van der Waals surface area contributed by atoms with Crippen molar-refractivity contribution in [3.8, 4) is 23.6 Å². The summed E-state index contributed by atoms with van der Waals surface area (Å²) in [6.07, 6.45) is 1.48. The minimum atomic E-state index is -0.495. The van der Waals surface area contributed by atoms with Crippen LogP contribution in [0, 0.1) is 33.2 Å². The van der Waals surface area contributed by atoms with E-state index in [9.17, 15) is 10.1 Å². The lowest BCUT2D eigenvalue weighted by Crippen LogP contribution is -2.14. The van der Waals surface area contributed by atoms with Gasteiger partial charge < -0.3 is 14.8 Å². The number of rotatable bonds is 6. The van der Waals surface area contributed by atoms with Crippen LogP contribution in [0.2, 0.25) is 0 Å². The van der Waals surface area contributed by atoms with Crippen LogP contribution < -0.4 is 14.8 Å². The number of nitrogens with zero attached hydrogens (tertiary/aromatic N) is 2. The third-order valence-corrected chi connectivity index (χ3v) is 4.40. The summed E-state index contributed by atoms with van der Waals surface area (Å²) in [4.78, 5) is 12.5. The van der Waals surface area contributed by atoms with Crippen LogP contribution in [0.5, 0.6) is 11.5 Å². The number of amides is 1. The first-order valence-electron chi connectivity index (χ1n) is 7.86. The Balaban J connectivity index is 2.33. The Labute approximate surface area is 171 Å². The van der Waals surface area contributed by atoms with E-state index >= 15 is 0 Å². The molecule has 0 atom stereocenters. The van der Waals surface area contributed by atoms with Crippen molar-refractivity contribution in [1.29, 1.82) is 10.5 Å². The molecule has 1 N–H and O–H groups in total. The molecule has 0 aromatic heterocycles. The fraction of sp³-hybridized carbons (Fsp3) is 0.150. The number of anilines is 1. The molecule has 2 aromatic rings. The molecular weight excluding hydrogens is 457 g/mol. The topological polar surface area (TPSA) is 95.1 Å². The van der Waals surface area contributed by atoms with Gasteiger partial charge in [0.05, 0.1) is 10.7 Å². The molecule has 6 nitrogen and oxygen atoms in total. The molecule has 0 aliphatic heterocycles. The molecule has 0 aliphatic carbocycles. The second kappa shape index (κ2) is 9.60. The van der Waals surface area contributed by atoms with Crippen LogP contribution in [-0.2, 0) is 4.79 Å². The van der Waals surface area contributed by atoms with Crippen molar-refractivity contribution >= 4 is 40.3 Å². The van der Waals surface area contributed by atoms with E-state index in [1.54, 1.807) is 18.2 Å². The maximum Gasteiger partial charge on any atom is 0.266 e. The third kappa shape index (κ3) is 5.22. The van der Waals surface area contributed by atoms with Crippen LogP contribution in [0.15, 0.2) is 42.0 Å². The fourth-order valence-corrected chi connectivity index (χ4v) is 3.07. The van der Waals surface area contributed by atoms with Gasteiger partial charge in [0.2, 0.25) is 0 Å². The Morgan fingerprint density at radius 3 is 2.67 bits per heavy atom. The van der Waals surface area contributed by atoms with Gasteiger partial charge in [-0.1, -0.05) is 18.2 Å². The van der Waals surface area contributed by atoms with Crippen LogP contribution >= 0.6 is 22.6 Å². The molecule has 0 aliphatic rings. The van der Waals surface area contributed by atoms with Crippen LogP contribution in [0.1, 0.15) is 11.1 Å². The van der Waals surface area contributed by atoms with Crippen LogP contribution in [0.3, 0.4) is 0 Å². The molecule has 2 aromatic carbocycles. The summed E-state index contributed by atoms with van der Waals surface area (Å²) in [5.41, 5.74) is 2.12. The Morgan fingerprint density at radius 1 is 1.30 bits per heavy atom. The number of methoxy groups -OCH3 is 1. The van der Waals surface area contributed by atoms with Gasteiger partial charge in [0.1, 0.15) is 17.7 Å². The second-order valence-electron chi connectivity index (χ2n) is 5.42. The molecule has 0 unspecified atom stereocenters. The van der Waals surface area contributed by atoms with Crippen molar-refractivity contribution < 1.29 is 14.3 Å². The number of aryl methyl sites for hydroxylation is 1. The van der Waals surface area contributed by atoms with Crippen LogP contribution in [-0.4, -0.2) is 19.6 Å². The van der Waals surface area contributed by atoms with E-state index in [2.05, 4.69) is 5.32 Å². The highest BCUT2D eigenvalue weighted by Gasteiger charge is 2.14. The molecule has 1 amide bonds. The number of benzene rings is 2. The normalized spacial score (nSPS) is 10.5. The zero-order valence-corrected chi connectivity index (χ0v) is 16.9. The average Bonchev–Trinajstić information content (AvgIpc) is 2.66. The molecule has 0 saturated heterocycles. The van der Waals surface area contributed by atoms with Gasteiger partial charge in [0.25, 0.3) is 5.91 Å². The lowest BCUT2D eigenvalue weighted by atomic mass is 10.1. The molecule has 0 saturated carbocycles. The molecule has 0 bridgehead atoms. The van der Waals surface area contributed by atoms with E-state index in [0.717, 1.165) is 5.56 Å². The number of hydrogen-bond acceptors (Lipinski definition) is 5. The molecule has 27 heavy (non-hydrogen) atoms. The van der Waals surface area contributed by atoms with Crippen molar-refractivity contribution in [2.75, 3.05) is 19.0 Å². The lowest BCUT2D eigenvalue weighted by Gasteiger charge is -2.12. The van der Waals surface area contributed by atoms with Gasteiger partial charge in [-0.05, 0) is 64.9 Å². The summed E-state index contributed by atoms with van der Waals surface area (Å²) in [5.74, 6) is 0.366. The van der Waals surface area contributed by atoms with Crippen molar-refractivity contribution in [3.63, 3.8) is 0 Å². The maximum absolute atomic E-state index is 12.5. The molecular formula is C20H16IN3O3. The second-order valence-corrected chi connectivity index (χ2v) is 6.58. The highest BCUT2D eigenvalue weighted by molar-refractivity contribution is 14.1. The van der Waals surface area contributed by atoms with Gasteiger partial charge in [-0.2, -0.15) is 10.5 Å². The van der Waals surface area contributed by atoms with Gasteiger partial charge in [-0.3, -0.25) is 4.79 Å². The van der Waals surface area contributed by atoms with Gasteiger partial charge in [0.15, 0.2) is 18.1 Å². The minimum Gasteiger partial charge on any atom is -0.493 e. The first-order valence-corrected chi connectivity index (χ1v) is 8.94. The largest absolute Gasteiger partial charge is 0.493 e. The smallest absolute Gasteiger partial charge is 0.266 e. The number of para-hydroxylation sites is 1. The number of carbonyl (C=O) groups is 1. The number of halogens is 1. The Hall–Kier alpha value is -3.04. The van der Waals surface area contributed by atoms with Crippen molar-refractivity contribution in [2.45, 2.75) is 6.92 Å². The van der Waals surface area contributed by atoms with Gasteiger partial charge in [-0.15, -0.1) is 0 Å². The van der Waals surface area contributed by atoms with E-state index in [0.29, 0.717) is 26.3 Å². The lowest BCUT2D eigenvalue weighted by molar-refractivity contribution is -0.112. The first-order chi connectivity index (χ1) is 13.0. The quantitative estimate of drug-likeness (QED) is 0.388. The Kier molecular flexibility index (Phi) is 7.21. The number of nitrogens with one attached hydrogen (secondary N) is 1. The Bertz CT molecular complexity index is 971. The van der Waals surface area contributed by atoms with Gasteiger partial charge in [-0.25, -0.2) is 0 Å². The van der Waals surface area contributed by atoms with E-state index in [1.807, 2.05) is 59.9 Å². The van der Waals surface area contributed by atoms with Crippen molar-refractivity contribution in [1.82, 2.24) is 0 Å². The molecule has 0 heterocycles. The molecule has 7 heteroatoms. The number of carbonyl (C=O) groups excluding carboxylic acids is 1. The first kappa shape index (κ1) is 20.3. The molecule has 0 spiro atoms. The van der Waals surface area contributed by atoms with Gasteiger partial charge in [0, 0.05) is 5.69 Å². The SMILES string of the molecule is COc1cc(/C=C(/C#N)C(=O)Nc2ccccc2C)cc(I)c1OCC#N. The molecule has 136 valence electrons. The van der Waals surface area contributed by atoms with E-state index in [1.165, 1.54) is 13.2 Å². The van der Waals surface area contributed by atoms with E-state index < -0.39 is 5.91 Å². The highest BCUT2D eigenvalue weighted by atomic mass is 127. The third-order valence-electron chi connectivity index (χ3n) is 3.60. The zero-order chi connectivity index (χ0) is 19.8. The number of hydrogen-bond donors (Lipinski definition) is 1. The number of ether oxygens (including phenoxy) is 2. The maximum atomic E-state index is 12.5. The predicted octanol–water partition coefficient (Wildman–Crippen LogP) is 4.06. The highest BCUT2D eigenvalue weighted by Crippen LogP contribution is 2.34. The zero-order valence-electron chi connectivity index (χ0n) is 14.7. The van der Waals surface area contributed by atoms with Crippen molar-refractivity contribution in [3.05, 3.63) is 56.7 Å². The van der Waals surface area contributed by atoms with Crippen LogP contribution in [0.25, 0.3) is 6.08 Å². The minimum absolute atomic E-state index is 0.0400. The summed E-state index contributed by atoms with van der Waals surface area (Å²) < 4.78 is 11.4. The summed E-state index contributed by atoms with van der Waals surface area (Å²) >= 11 is 2.05. The molecule has 0 radical (unpaired) electrons. The summed E-state index contributed by atoms with van der Waals surface area (Å²) in [6, 6.07) is 14.6. The fourth-order valence-electron chi connectivity index (χ4n) is 2.29. The summed E-state index contributed by atoms with van der Waals surface area (Å²) in [6.45, 7) is 1.77. The van der Waals surface area contributed by atoms with E-state index in [-0.39, 0.29) is 12.2 Å². The standard InChI is InChI=1S/C20H16IN3O3/c1-13-5-3-4-6-17(13)24-20(25)15(12-23)9-14-10-16(21)19(27-8-7-22)18(11-14)26-2/h3-6,9-11H,8H2,1-2H3,(H,24,25)/b15-9-. The summed E-state index contributed by atoms with van der Waals surface area (Å²) in [5, 5.41) is 20.8. The molecule has 0 fully saturated rings. The Morgan fingerprint density at radius 2 is 2.04 bits per heavy atom.